The van der Waals surface area contributed by atoms with Gasteiger partial charge in [-0.2, -0.15) is 0 Å². The van der Waals surface area contributed by atoms with Crippen molar-refractivity contribution in [3.05, 3.63) is 112 Å². The van der Waals surface area contributed by atoms with Crippen LogP contribution in [0.2, 0.25) is 0 Å². The van der Waals surface area contributed by atoms with E-state index in [9.17, 15) is 34.2 Å². The highest BCUT2D eigenvalue weighted by atomic mass is 32.1. The van der Waals surface area contributed by atoms with Gasteiger partial charge in [0.2, 0.25) is 23.6 Å². The van der Waals surface area contributed by atoms with E-state index in [1.165, 1.54) is 4.90 Å². The summed E-state index contributed by atoms with van der Waals surface area (Å²) < 4.78 is 0. The number of phenolic OH excluding ortho intramolecular Hbond substituents is 1. The zero-order chi connectivity index (χ0) is 50.7. The smallest absolute Gasteiger partial charge is 0.251 e. The summed E-state index contributed by atoms with van der Waals surface area (Å²) in [7, 11) is 0. The highest BCUT2D eigenvalue weighted by Crippen LogP contribution is 2.41. The van der Waals surface area contributed by atoms with Crippen LogP contribution in [0.3, 0.4) is 0 Å². The second-order valence-corrected chi connectivity index (χ2v) is 20.8. The standard InChI is InChI=1S/C55H71N7O7S/c1-9-17-45(64)61-48(42-30-43(55(6,7)8)41-20-16-27-56-49(41)50(42)66)38-18-15-19-39(28-38)52(67)57-26-14-12-10-11-13-21-46(65)60-47(33(2)3)54(69)62-31-40(63)29-44(62)53(68)59-34(4)36-22-24-37(25-23-36)51-35(5)58-32-70-51/h15-16,18-20,22-25,27-28,30,32-34,40,44,47-48,63,66H,9-14,17,21,26,29,31H2,1-8H3,(H,57,67)(H,59,68)(H,60,65)(H,61,64)/t34-,40+,44-,47-,48?/m0/s1. The van der Waals surface area contributed by atoms with E-state index in [0.717, 1.165) is 58.3 Å². The number of nitrogens with one attached hydrogen (secondary N) is 4. The van der Waals surface area contributed by atoms with Gasteiger partial charge in [0.25, 0.3) is 5.91 Å². The number of aliphatic hydroxyl groups excluding tert-OH is 1. The van der Waals surface area contributed by atoms with Crippen LogP contribution in [0.5, 0.6) is 5.75 Å². The first-order chi connectivity index (χ1) is 33.4. The number of unbranched alkanes of at least 4 members (excludes halogenated alkanes) is 4. The lowest BCUT2D eigenvalue weighted by atomic mass is 9.81. The number of aryl methyl sites for hydroxylation is 1. The fourth-order valence-corrected chi connectivity index (χ4v) is 9.95. The lowest BCUT2D eigenvalue weighted by Crippen LogP contribution is -2.55. The number of aliphatic hydroxyl groups is 1. The van der Waals surface area contributed by atoms with Crippen molar-refractivity contribution in [2.75, 3.05) is 13.1 Å². The van der Waals surface area contributed by atoms with E-state index in [4.69, 9.17) is 0 Å². The highest BCUT2D eigenvalue weighted by molar-refractivity contribution is 7.13. The lowest BCUT2D eigenvalue weighted by molar-refractivity contribution is -0.142. The van der Waals surface area contributed by atoms with Crippen molar-refractivity contribution in [1.82, 2.24) is 36.1 Å². The van der Waals surface area contributed by atoms with Crippen LogP contribution in [-0.4, -0.2) is 85.9 Å². The Morgan fingerprint density at radius 2 is 1.56 bits per heavy atom. The number of amides is 5. The fraction of sp³-hybridized carbons (Fsp3) is 0.473. The summed E-state index contributed by atoms with van der Waals surface area (Å²) >= 11 is 1.57. The summed E-state index contributed by atoms with van der Waals surface area (Å²) in [5.74, 6) is -1.67. The Morgan fingerprint density at radius 3 is 2.24 bits per heavy atom. The molecule has 0 aliphatic carbocycles. The van der Waals surface area contributed by atoms with Crippen molar-refractivity contribution in [3.63, 3.8) is 0 Å². The maximum Gasteiger partial charge on any atom is 0.251 e. The van der Waals surface area contributed by atoms with Gasteiger partial charge >= 0.3 is 0 Å². The summed E-state index contributed by atoms with van der Waals surface area (Å²) in [5, 5.41) is 35.1. The maximum atomic E-state index is 13.9. The summed E-state index contributed by atoms with van der Waals surface area (Å²) in [6.45, 7) is 16.2. The number of rotatable bonds is 21. The minimum Gasteiger partial charge on any atom is -0.505 e. The van der Waals surface area contributed by atoms with Gasteiger partial charge in [-0.15, -0.1) is 11.3 Å². The number of nitrogens with zero attached hydrogens (tertiary/aromatic N) is 3. The molecule has 1 saturated heterocycles. The van der Waals surface area contributed by atoms with Crippen molar-refractivity contribution < 1.29 is 34.2 Å². The monoisotopic (exact) mass is 974 g/mol. The molecule has 14 nitrogen and oxygen atoms in total. The summed E-state index contributed by atoms with van der Waals surface area (Å²) in [4.78, 5) is 78.6. The molecule has 5 aromatic rings. The quantitative estimate of drug-likeness (QED) is 0.0389. The molecule has 70 heavy (non-hydrogen) atoms. The average molecular weight is 974 g/mol. The fourth-order valence-electron chi connectivity index (χ4n) is 9.13. The molecule has 6 rings (SSSR count). The van der Waals surface area contributed by atoms with Crippen LogP contribution in [-0.2, 0) is 24.6 Å². The first-order valence-corrected chi connectivity index (χ1v) is 25.6. The number of carbonyl (C=O) groups excluding carboxylic acids is 5. The van der Waals surface area contributed by atoms with Gasteiger partial charge in [-0.25, -0.2) is 4.98 Å². The Balaban J connectivity index is 0.960. The molecule has 1 unspecified atom stereocenters. The number of aromatic nitrogens is 2. The molecule has 1 fully saturated rings. The van der Waals surface area contributed by atoms with Gasteiger partial charge in [0.05, 0.1) is 34.3 Å². The van der Waals surface area contributed by atoms with E-state index >= 15 is 0 Å². The molecular weight excluding hydrogens is 903 g/mol. The predicted octanol–water partition coefficient (Wildman–Crippen LogP) is 8.73. The molecule has 6 N–H and O–H groups in total. The molecule has 3 aromatic carbocycles. The molecule has 5 amide bonds. The summed E-state index contributed by atoms with van der Waals surface area (Å²) in [5.41, 5.74) is 7.47. The minimum absolute atomic E-state index is 0.00741. The van der Waals surface area contributed by atoms with Gasteiger partial charge < -0.3 is 36.4 Å². The zero-order valence-electron chi connectivity index (χ0n) is 41.9. The van der Waals surface area contributed by atoms with E-state index < -0.39 is 24.2 Å². The molecule has 374 valence electrons. The lowest BCUT2D eigenvalue weighted by Gasteiger charge is -2.31. The largest absolute Gasteiger partial charge is 0.505 e. The van der Waals surface area contributed by atoms with Crippen molar-refractivity contribution in [2.45, 2.75) is 149 Å². The normalized spacial score (nSPS) is 16.2. The van der Waals surface area contributed by atoms with Crippen LogP contribution in [0.1, 0.15) is 157 Å². The third kappa shape index (κ3) is 13.4. The first kappa shape index (κ1) is 53.2. The van der Waals surface area contributed by atoms with Gasteiger partial charge in [-0.3, -0.25) is 29.0 Å². The number of benzene rings is 3. The number of thiazole rings is 1. The molecule has 1 aliphatic rings. The van der Waals surface area contributed by atoms with Crippen LogP contribution >= 0.6 is 11.3 Å². The Kier molecular flexibility index (Phi) is 18.3. The van der Waals surface area contributed by atoms with Crippen LogP contribution < -0.4 is 21.3 Å². The Morgan fingerprint density at radius 1 is 0.843 bits per heavy atom. The van der Waals surface area contributed by atoms with Crippen LogP contribution in [0.15, 0.2) is 78.4 Å². The topological polar surface area (TPSA) is 203 Å². The summed E-state index contributed by atoms with van der Waals surface area (Å²) in [6.07, 6.45) is 5.92. The molecule has 0 radical (unpaired) electrons. The Bertz CT molecular complexity index is 2620. The number of pyridine rings is 1. The van der Waals surface area contributed by atoms with E-state index in [1.54, 1.807) is 35.7 Å². The molecule has 0 spiro atoms. The Labute approximate surface area is 416 Å². The van der Waals surface area contributed by atoms with E-state index in [2.05, 4.69) is 52.0 Å². The molecule has 1 aliphatic heterocycles. The zero-order valence-corrected chi connectivity index (χ0v) is 42.7. The van der Waals surface area contributed by atoms with E-state index in [1.807, 2.05) is 88.7 Å². The van der Waals surface area contributed by atoms with Gasteiger partial charge in [0.15, 0.2) is 0 Å². The number of carbonyl (C=O) groups is 5. The number of hydrogen-bond acceptors (Lipinski definition) is 10. The maximum absolute atomic E-state index is 13.9. The molecule has 2 aromatic heterocycles. The second kappa shape index (κ2) is 24.1. The van der Waals surface area contributed by atoms with E-state index in [-0.39, 0.29) is 72.0 Å². The second-order valence-electron chi connectivity index (χ2n) is 20.0. The van der Waals surface area contributed by atoms with Crippen molar-refractivity contribution in [1.29, 1.82) is 0 Å². The van der Waals surface area contributed by atoms with Crippen LogP contribution in [0.25, 0.3) is 21.3 Å². The van der Waals surface area contributed by atoms with Crippen molar-refractivity contribution in [2.24, 2.45) is 5.92 Å². The average Bonchev–Trinajstić information content (AvgIpc) is 3.95. The Hall–Kier alpha value is -6.19. The van der Waals surface area contributed by atoms with Crippen LogP contribution in [0, 0.1) is 12.8 Å². The minimum atomic E-state index is -0.870. The van der Waals surface area contributed by atoms with Gasteiger partial charge in [0, 0.05) is 55.1 Å². The molecule has 0 saturated carbocycles. The number of aromatic hydroxyl groups is 1. The van der Waals surface area contributed by atoms with Crippen molar-refractivity contribution in [3.8, 4) is 16.2 Å². The van der Waals surface area contributed by atoms with Crippen molar-refractivity contribution >= 4 is 51.8 Å². The highest BCUT2D eigenvalue weighted by Gasteiger charge is 2.42. The molecule has 15 heteroatoms. The number of phenols is 1. The van der Waals surface area contributed by atoms with Gasteiger partial charge in [-0.1, -0.05) is 103 Å². The number of β-amino-alcohol motifs (C(OH)–C–C–N with tert-alkyl or cyclic N) is 1. The third-order valence-electron chi connectivity index (χ3n) is 13.0. The van der Waals surface area contributed by atoms with Crippen LogP contribution in [0.4, 0.5) is 0 Å². The number of likely N-dealkylation sites (tertiary alicyclic amines) is 1. The molecular formula is C55H71N7O7S. The predicted molar refractivity (Wildman–Crippen MR) is 275 cm³/mol. The van der Waals surface area contributed by atoms with Gasteiger partial charge in [0.1, 0.15) is 23.3 Å². The van der Waals surface area contributed by atoms with E-state index in [0.29, 0.717) is 48.0 Å². The molecule has 0 bridgehead atoms. The van der Waals surface area contributed by atoms with Gasteiger partial charge in [-0.05, 0) is 91.0 Å². The SMILES string of the molecule is CCCC(=O)NC(c1cccc(C(=O)NCCCCCCCC(=O)N[C@H](C(=O)N2C[C@H](O)C[C@H]2C(=O)N[C@@H](C)c2ccc(-c3scnc3C)cc2)C(C)C)c1)c1cc(C(C)(C)C)c2cccnc2c1O. The first-order valence-electron chi connectivity index (χ1n) is 24.7. The summed E-state index contributed by atoms with van der Waals surface area (Å²) in [6, 6.07) is 18.0. The third-order valence-corrected chi connectivity index (χ3v) is 14.0. The molecule has 3 heterocycles. The number of hydrogen-bond donors (Lipinski definition) is 6. The molecule has 5 atom stereocenters. The number of fused-ring (bicyclic) bond motifs is 1.